The molecule has 0 spiro atoms. The molecule has 16 nitrogen and oxygen atoms in total. The lowest BCUT2D eigenvalue weighted by atomic mass is 10.0. The SMILES string of the molecule is CC1=Cn2cnnc2[C@H](CC(=O)NCCOCCOCCOCCNC(=O)c2cccc(S(=O)(=O)Nc3ccc(C)c4c(C#N)c[nH]c34)c2)N=C1c1ccc(Cl)cc1. The highest BCUT2D eigenvalue weighted by atomic mass is 35.5. The van der Waals surface area contributed by atoms with E-state index in [0.29, 0.717) is 66.9 Å². The summed E-state index contributed by atoms with van der Waals surface area (Å²) in [5, 5.41) is 24.5. The largest absolute Gasteiger partial charge is 0.377 e. The minimum Gasteiger partial charge on any atom is -0.377 e. The van der Waals surface area contributed by atoms with E-state index in [1.54, 1.807) is 35.2 Å². The van der Waals surface area contributed by atoms with Crippen molar-refractivity contribution in [1.82, 2.24) is 30.4 Å². The van der Waals surface area contributed by atoms with Crippen LogP contribution >= 0.6 is 11.6 Å². The fourth-order valence-corrected chi connectivity index (χ4v) is 7.46. The topological polar surface area (TPSA) is 215 Å². The van der Waals surface area contributed by atoms with E-state index >= 15 is 0 Å². The zero-order valence-corrected chi connectivity index (χ0v) is 33.4. The minimum atomic E-state index is -4.06. The Balaban J connectivity index is 0.833. The molecule has 2 aromatic heterocycles. The lowest BCUT2D eigenvalue weighted by molar-refractivity contribution is -0.121. The van der Waals surface area contributed by atoms with Crippen molar-refractivity contribution in [2.24, 2.45) is 4.99 Å². The van der Waals surface area contributed by atoms with E-state index in [1.807, 2.05) is 32.2 Å². The molecule has 2 amide bonds. The van der Waals surface area contributed by atoms with Crippen LogP contribution < -0.4 is 15.4 Å². The first-order valence-electron chi connectivity index (χ1n) is 18.4. The molecule has 5 aromatic rings. The number of nitriles is 1. The van der Waals surface area contributed by atoms with E-state index in [0.717, 1.165) is 22.4 Å². The molecule has 1 atom stereocenters. The predicted molar refractivity (Wildman–Crippen MR) is 218 cm³/mol. The molecular weight excluding hydrogens is 786 g/mol. The number of ether oxygens (including phenoxy) is 3. The third kappa shape index (κ3) is 10.5. The fraction of sp³-hybridized carbons (Fsp3) is 0.300. The molecule has 0 saturated heterocycles. The summed E-state index contributed by atoms with van der Waals surface area (Å²) in [4.78, 5) is 33.4. The van der Waals surface area contributed by atoms with Crippen molar-refractivity contribution in [1.29, 1.82) is 5.26 Å². The fourth-order valence-electron chi connectivity index (χ4n) is 6.21. The number of aromatic amines is 1. The lowest BCUT2D eigenvalue weighted by Gasteiger charge is -2.13. The summed E-state index contributed by atoms with van der Waals surface area (Å²) in [7, 11) is -4.06. The number of allylic oxidation sites excluding steroid dienone is 1. The average molecular weight is 828 g/mol. The maximum Gasteiger partial charge on any atom is 0.261 e. The summed E-state index contributed by atoms with van der Waals surface area (Å²) in [5.41, 5.74) is 4.73. The number of aliphatic imine (C=N–C) groups is 1. The van der Waals surface area contributed by atoms with Crippen molar-refractivity contribution in [3.8, 4) is 6.07 Å². The van der Waals surface area contributed by atoms with E-state index in [4.69, 9.17) is 30.8 Å². The zero-order valence-electron chi connectivity index (χ0n) is 31.8. The van der Waals surface area contributed by atoms with Crippen LogP contribution in [-0.4, -0.2) is 98.4 Å². The molecule has 18 heteroatoms. The van der Waals surface area contributed by atoms with Gasteiger partial charge >= 0.3 is 0 Å². The number of nitrogens with one attached hydrogen (secondary N) is 4. The molecule has 3 aromatic carbocycles. The smallest absolute Gasteiger partial charge is 0.261 e. The molecular formula is C40H42ClN9O7S. The summed E-state index contributed by atoms with van der Waals surface area (Å²) in [6.45, 7) is 6.07. The van der Waals surface area contributed by atoms with Gasteiger partial charge in [0.2, 0.25) is 5.91 Å². The minimum absolute atomic E-state index is 0.0819. The van der Waals surface area contributed by atoms with Gasteiger partial charge in [0.15, 0.2) is 5.82 Å². The Bertz CT molecular complexity index is 2470. The molecule has 0 aliphatic carbocycles. The van der Waals surface area contributed by atoms with Crippen LogP contribution in [0.5, 0.6) is 0 Å². The highest BCUT2D eigenvalue weighted by Gasteiger charge is 2.25. The summed E-state index contributed by atoms with van der Waals surface area (Å²) in [5.74, 6) is -0.0827. The molecule has 6 rings (SSSR count). The average Bonchev–Trinajstić information content (AvgIpc) is 3.85. The van der Waals surface area contributed by atoms with E-state index in [9.17, 15) is 23.3 Å². The van der Waals surface area contributed by atoms with Gasteiger partial charge in [-0.15, -0.1) is 10.2 Å². The van der Waals surface area contributed by atoms with E-state index in [-0.39, 0.29) is 41.6 Å². The van der Waals surface area contributed by atoms with Gasteiger partial charge in [0.25, 0.3) is 15.9 Å². The van der Waals surface area contributed by atoms with Gasteiger partial charge in [-0.1, -0.05) is 35.9 Å². The van der Waals surface area contributed by atoms with Crippen LogP contribution in [0.25, 0.3) is 17.1 Å². The van der Waals surface area contributed by atoms with Crippen molar-refractivity contribution in [2.45, 2.75) is 31.2 Å². The summed E-state index contributed by atoms with van der Waals surface area (Å²) in [6.07, 6.45) is 5.10. The quantitative estimate of drug-likeness (QED) is 0.0836. The molecule has 0 bridgehead atoms. The predicted octanol–water partition coefficient (Wildman–Crippen LogP) is 4.78. The van der Waals surface area contributed by atoms with Crippen molar-refractivity contribution >= 4 is 61.9 Å². The number of hydrogen-bond acceptors (Lipinski definition) is 11. The number of amides is 2. The van der Waals surface area contributed by atoms with Crippen molar-refractivity contribution < 1.29 is 32.2 Å². The van der Waals surface area contributed by atoms with Crippen LogP contribution in [0.1, 0.15) is 52.3 Å². The molecule has 302 valence electrons. The van der Waals surface area contributed by atoms with Gasteiger partial charge < -0.3 is 29.8 Å². The highest BCUT2D eigenvalue weighted by Crippen LogP contribution is 2.30. The number of aryl methyl sites for hydroxylation is 1. The number of H-pyrrole nitrogens is 1. The molecule has 0 fully saturated rings. The Labute approximate surface area is 340 Å². The number of nitrogens with zero attached hydrogens (tertiary/aromatic N) is 5. The number of aromatic nitrogens is 4. The van der Waals surface area contributed by atoms with Gasteiger partial charge in [-0.05, 0) is 61.4 Å². The summed E-state index contributed by atoms with van der Waals surface area (Å²) in [6, 6.07) is 18.0. The molecule has 3 heterocycles. The van der Waals surface area contributed by atoms with Crippen LogP contribution in [0, 0.1) is 18.3 Å². The van der Waals surface area contributed by atoms with E-state index in [2.05, 4.69) is 36.6 Å². The third-order valence-electron chi connectivity index (χ3n) is 9.05. The number of halogens is 1. The normalized spacial score (nSPS) is 13.9. The second kappa shape index (κ2) is 19.5. The van der Waals surface area contributed by atoms with Gasteiger partial charge in [-0.25, -0.2) is 8.42 Å². The van der Waals surface area contributed by atoms with Gasteiger partial charge in [0.05, 0.1) is 73.4 Å². The van der Waals surface area contributed by atoms with Crippen LogP contribution in [0.2, 0.25) is 5.02 Å². The first-order valence-corrected chi connectivity index (χ1v) is 20.2. The standard InChI is InChI=1S/C40H42ClN9O7S/c1-26-6-11-33(38-36(26)30(22-42)23-45-38)49-58(53,54)32-5-3-4-29(20-32)40(52)44-13-15-56-17-19-57-18-16-55-14-12-43-35(51)21-34-39-48-46-25-50(39)24-27(2)37(47-34)28-7-9-31(41)10-8-28/h3-11,20,23-25,34,45,49H,12-19,21H2,1-2H3,(H,43,51)(H,44,52)/t34-/m0/s1. The van der Waals surface area contributed by atoms with Crippen LogP contribution in [0.4, 0.5) is 5.69 Å². The van der Waals surface area contributed by atoms with Gasteiger partial charge in [-0.3, -0.25) is 23.9 Å². The second-order valence-corrected chi connectivity index (χ2v) is 15.3. The number of carbonyl (C=O) groups excluding carboxylic acids is 2. The Morgan fingerprint density at radius 2 is 1.66 bits per heavy atom. The van der Waals surface area contributed by atoms with Gasteiger partial charge in [-0.2, -0.15) is 5.26 Å². The molecule has 0 radical (unpaired) electrons. The maximum absolute atomic E-state index is 13.2. The first kappa shape index (κ1) is 41.7. The third-order valence-corrected chi connectivity index (χ3v) is 10.7. The number of rotatable bonds is 19. The maximum atomic E-state index is 13.2. The molecule has 1 aliphatic heterocycles. The number of sulfonamides is 1. The molecule has 58 heavy (non-hydrogen) atoms. The molecule has 1 aliphatic rings. The number of carbonyl (C=O) groups is 2. The first-order chi connectivity index (χ1) is 28.0. The number of anilines is 1. The Morgan fingerprint density at radius 3 is 2.38 bits per heavy atom. The Hall–Kier alpha value is -5.90. The van der Waals surface area contributed by atoms with Crippen molar-refractivity contribution in [3.63, 3.8) is 0 Å². The number of fused-ring (bicyclic) bond motifs is 2. The monoisotopic (exact) mass is 827 g/mol. The van der Waals surface area contributed by atoms with Crippen LogP contribution in [0.3, 0.4) is 0 Å². The molecule has 0 unspecified atom stereocenters. The molecule has 4 N–H and O–H groups in total. The molecule has 0 saturated carbocycles. The second-order valence-electron chi connectivity index (χ2n) is 13.2. The van der Waals surface area contributed by atoms with Crippen LogP contribution in [0.15, 0.2) is 88.6 Å². The number of benzene rings is 3. The van der Waals surface area contributed by atoms with Crippen LogP contribution in [-0.2, 0) is 29.0 Å². The van der Waals surface area contributed by atoms with E-state index < -0.39 is 22.0 Å². The summed E-state index contributed by atoms with van der Waals surface area (Å²) < 4.78 is 47.5. The Morgan fingerprint density at radius 1 is 0.948 bits per heavy atom. The van der Waals surface area contributed by atoms with Gasteiger partial charge in [0.1, 0.15) is 18.4 Å². The lowest BCUT2D eigenvalue weighted by Crippen LogP contribution is -2.29. The van der Waals surface area contributed by atoms with Crippen molar-refractivity contribution in [3.05, 3.63) is 112 Å². The Kier molecular flexibility index (Phi) is 14.0. The summed E-state index contributed by atoms with van der Waals surface area (Å²) >= 11 is 6.08. The van der Waals surface area contributed by atoms with E-state index in [1.165, 1.54) is 30.5 Å². The van der Waals surface area contributed by atoms with Crippen molar-refractivity contribution in [2.75, 3.05) is 57.5 Å². The highest BCUT2D eigenvalue weighted by molar-refractivity contribution is 7.92. The zero-order chi connectivity index (χ0) is 41.1. The van der Waals surface area contributed by atoms with Gasteiger partial charge in [0, 0.05) is 47.0 Å². The number of hydrogen-bond donors (Lipinski definition) is 4.